The molecule has 14 heteroatoms. The number of rotatable bonds is 18. The van der Waals surface area contributed by atoms with Crippen LogP contribution >= 0.6 is 22.7 Å². The summed E-state index contributed by atoms with van der Waals surface area (Å²) in [4.78, 5) is 28.6. The summed E-state index contributed by atoms with van der Waals surface area (Å²) in [5.74, 6) is 6.12. The molecule has 10 rings (SSSR count). The zero-order valence-electron chi connectivity index (χ0n) is 39.7. The molecule has 354 valence electrons. The van der Waals surface area contributed by atoms with E-state index >= 15 is 0 Å². The third kappa shape index (κ3) is 9.83. The van der Waals surface area contributed by atoms with E-state index in [1.54, 1.807) is 49.4 Å². The summed E-state index contributed by atoms with van der Waals surface area (Å²) in [6.07, 6.45) is 9.54. The number of oxazole rings is 1. The van der Waals surface area contributed by atoms with Crippen molar-refractivity contribution in [3.63, 3.8) is 0 Å². The first-order valence-electron chi connectivity index (χ1n) is 23.7. The van der Waals surface area contributed by atoms with Crippen molar-refractivity contribution in [3.8, 4) is 38.4 Å². The fraction of sp³-hybridized carbons (Fsp3) is 0.327. The topological polar surface area (TPSA) is 126 Å². The molecule has 69 heavy (non-hydrogen) atoms. The summed E-state index contributed by atoms with van der Waals surface area (Å²) >= 11 is 3.35. The van der Waals surface area contributed by atoms with Gasteiger partial charge in [0.25, 0.3) is 0 Å². The van der Waals surface area contributed by atoms with Crippen molar-refractivity contribution in [3.05, 3.63) is 154 Å². The number of fused-ring (bicyclic) bond motifs is 4. The molecule has 0 spiro atoms. The van der Waals surface area contributed by atoms with E-state index in [1.807, 2.05) is 73.7 Å². The quantitative estimate of drug-likeness (QED) is 0.0606. The number of benzene rings is 4. The number of methoxy groups -OCH3 is 2. The van der Waals surface area contributed by atoms with Crippen LogP contribution in [0.15, 0.2) is 113 Å². The van der Waals surface area contributed by atoms with Gasteiger partial charge in [0, 0.05) is 48.6 Å². The highest BCUT2D eigenvalue weighted by Gasteiger charge is 2.32. The van der Waals surface area contributed by atoms with E-state index in [0.717, 1.165) is 115 Å². The minimum Gasteiger partial charge on any atom is -0.497 e. The van der Waals surface area contributed by atoms with Crippen LogP contribution in [-0.2, 0) is 6.42 Å². The van der Waals surface area contributed by atoms with E-state index in [9.17, 15) is 4.79 Å². The molecule has 4 aromatic heterocycles. The zero-order valence-corrected chi connectivity index (χ0v) is 41.3. The number of carbonyl (C=O) groups excluding carboxylic acids is 1. The number of piperidine rings is 1. The smallest absolute Gasteiger partial charge is 0.196 e. The number of thiophene rings is 2. The molecule has 0 N–H and O–H groups in total. The molecular weight excluding hydrogens is 905 g/mol. The van der Waals surface area contributed by atoms with Crippen molar-refractivity contribution in [2.45, 2.75) is 65.3 Å². The third-order valence-corrected chi connectivity index (χ3v) is 15.9. The average Bonchev–Trinajstić information content (AvgIpc) is 4.17. The van der Waals surface area contributed by atoms with Crippen molar-refractivity contribution < 1.29 is 28.2 Å². The maximum Gasteiger partial charge on any atom is 0.196 e. The minimum atomic E-state index is -0.306. The molecule has 8 aromatic rings. The predicted molar refractivity (Wildman–Crippen MR) is 273 cm³/mol. The monoisotopic (exact) mass is 960 g/mol. The molecule has 2 aliphatic rings. The lowest BCUT2D eigenvalue weighted by Crippen LogP contribution is -2.36. The van der Waals surface area contributed by atoms with Gasteiger partial charge in [-0.05, 0) is 168 Å². The van der Waals surface area contributed by atoms with Crippen molar-refractivity contribution in [1.29, 1.82) is 0 Å². The molecule has 0 saturated carbocycles. The Kier molecular flexibility index (Phi) is 13.7. The summed E-state index contributed by atoms with van der Waals surface area (Å²) in [5, 5.41) is 11.1. The zero-order chi connectivity index (χ0) is 47.4. The summed E-state index contributed by atoms with van der Waals surface area (Å²) in [5.41, 5.74) is 6.58. The first-order valence-corrected chi connectivity index (χ1v) is 25.3. The molecule has 0 bridgehead atoms. The minimum absolute atomic E-state index is 0.0211. The van der Waals surface area contributed by atoms with Gasteiger partial charge in [0.2, 0.25) is 0 Å². The SMILES string of the molecule is COc1ccc(-c2sc3cc(OC)ccc3c2C(=O)c2ccc(OCCN3CCC(CCCCOc4ccc(C5=N[C@@H](Cc6ncco6)c6nnc(C)n6-c6sc(C)c(C)c65)cc4)CC3)cc2)cc1. The predicted octanol–water partition coefficient (Wildman–Crippen LogP) is 11.8. The number of hydrogen-bond donors (Lipinski definition) is 0. The Labute approximate surface area is 410 Å². The Balaban J connectivity index is 0.674. The average molecular weight is 961 g/mol. The molecule has 12 nitrogen and oxygen atoms in total. The molecule has 4 aromatic carbocycles. The first-order chi connectivity index (χ1) is 33.7. The lowest BCUT2D eigenvalue weighted by atomic mass is 9.91. The van der Waals surface area contributed by atoms with E-state index in [-0.39, 0.29) is 11.8 Å². The van der Waals surface area contributed by atoms with Gasteiger partial charge in [-0.25, -0.2) is 4.98 Å². The Morgan fingerprint density at radius 1 is 0.783 bits per heavy atom. The van der Waals surface area contributed by atoms with Gasteiger partial charge in [-0.2, -0.15) is 0 Å². The number of ether oxygens (including phenoxy) is 4. The highest BCUT2D eigenvalue weighted by Crippen LogP contribution is 2.43. The second-order valence-electron chi connectivity index (χ2n) is 17.8. The molecule has 0 aliphatic carbocycles. The number of aryl methyl sites for hydroxylation is 2. The Bertz CT molecular complexity index is 3070. The summed E-state index contributed by atoms with van der Waals surface area (Å²) < 4.78 is 32.1. The molecule has 2 aliphatic heterocycles. The Morgan fingerprint density at radius 2 is 1.48 bits per heavy atom. The van der Waals surface area contributed by atoms with E-state index < -0.39 is 0 Å². The van der Waals surface area contributed by atoms with Crippen LogP contribution in [0, 0.1) is 26.7 Å². The van der Waals surface area contributed by atoms with Crippen molar-refractivity contribution in [1.82, 2.24) is 24.6 Å². The van der Waals surface area contributed by atoms with Crippen LogP contribution in [0.4, 0.5) is 0 Å². The van der Waals surface area contributed by atoms with Crippen LogP contribution in [0.2, 0.25) is 0 Å². The van der Waals surface area contributed by atoms with Crippen LogP contribution in [-0.4, -0.2) is 83.2 Å². The maximum absolute atomic E-state index is 14.2. The number of aliphatic imine (C=N–C) groups is 1. The van der Waals surface area contributed by atoms with E-state index in [1.165, 1.54) is 29.7 Å². The number of likely N-dealkylation sites (tertiary alicyclic amines) is 1. The number of carbonyl (C=O) groups is 1. The summed E-state index contributed by atoms with van der Waals surface area (Å²) in [6.45, 7) is 10.7. The van der Waals surface area contributed by atoms with Crippen molar-refractivity contribution in [2.24, 2.45) is 10.9 Å². The normalized spacial score (nSPS) is 15.1. The molecule has 0 amide bonds. The maximum atomic E-state index is 14.2. The standard InChI is InChI=1S/C55H56N6O6S2/c1-34-35(2)68-55-49(34)51(57-46(33-48-56-25-30-67-48)54-59-58-36(3)61(54)55)38-9-17-42(18-10-38)65-29-7-6-8-37-23-26-60(27-24-37)28-31-66-43-19-11-39(12-20-43)52(62)50-45-22-21-44(64-5)32-47(45)69-53(50)40-13-15-41(63-4)16-14-40/h9-22,25,30,32,37,46H,6-8,23-24,26-29,31,33H2,1-5H3/t46-/m0/s1. The van der Waals surface area contributed by atoms with Crippen LogP contribution in [0.25, 0.3) is 25.5 Å². The highest BCUT2D eigenvalue weighted by atomic mass is 32.1. The molecule has 0 unspecified atom stereocenters. The van der Waals surface area contributed by atoms with Crippen LogP contribution < -0.4 is 18.9 Å². The summed E-state index contributed by atoms with van der Waals surface area (Å²) in [7, 11) is 3.31. The lowest BCUT2D eigenvalue weighted by Gasteiger charge is -2.31. The van der Waals surface area contributed by atoms with Gasteiger partial charge < -0.3 is 23.4 Å². The number of nitrogens with zero attached hydrogens (tertiary/aromatic N) is 6. The number of ketones is 1. The largest absolute Gasteiger partial charge is 0.497 e. The van der Waals surface area contributed by atoms with E-state index in [2.05, 4.69) is 62.8 Å². The number of aromatic nitrogens is 4. The number of unbranched alkanes of at least 4 members (excludes halogenated alkanes) is 1. The molecule has 6 heterocycles. The molecule has 0 radical (unpaired) electrons. The van der Waals surface area contributed by atoms with Gasteiger partial charge >= 0.3 is 0 Å². The molecule has 1 atom stereocenters. The van der Waals surface area contributed by atoms with E-state index in [4.69, 9.17) is 28.4 Å². The highest BCUT2D eigenvalue weighted by molar-refractivity contribution is 7.22. The fourth-order valence-corrected chi connectivity index (χ4v) is 11.9. The Hall–Kier alpha value is -6.61. The molecule has 1 saturated heterocycles. The third-order valence-electron chi connectivity index (χ3n) is 13.5. The van der Waals surface area contributed by atoms with Crippen LogP contribution in [0.3, 0.4) is 0 Å². The second-order valence-corrected chi connectivity index (χ2v) is 20.0. The Morgan fingerprint density at radius 3 is 2.20 bits per heavy atom. The second kappa shape index (κ2) is 20.5. The van der Waals surface area contributed by atoms with Crippen molar-refractivity contribution in [2.75, 3.05) is 47.1 Å². The first kappa shape index (κ1) is 46.1. The van der Waals surface area contributed by atoms with Gasteiger partial charge in [0.1, 0.15) is 52.7 Å². The lowest BCUT2D eigenvalue weighted by molar-refractivity contribution is 0.104. The van der Waals surface area contributed by atoms with Gasteiger partial charge in [-0.1, -0.05) is 6.42 Å². The van der Waals surface area contributed by atoms with Gasteiger partial charge in [0.15, 0.2) is 17.5 Å². The van der Waals surface area contributed by atoms with Gasteiger partial charge in [0.05, 0.1) is 39.2 Å². The molecule has 1 fully saturated rings. The summed E-state index contributed by atoms with van der Waals surface area (Å²) in [6, 6.07) is 29.3. The van der Waals surface area contributed by atoms with Crippen molar-refractivity contribution >= 4 is 44.3 Å². The van der Waals surface area contributed by atoms with Crippen LogP contribution in [0.5, 0.6) is 23.0 Å². The van der Waals surface area contributed by atoms with Crippen LogP contribution in [0.1, 0.15) is 93.2 Å². The van der Waals surface area contributed by atoms with Gasteiger partial charge in [-0.3, -0.25) is 19.3 Å². The molecular formula is C55H56N6O6S2. The van der Waals surface area contributed by atoms with E-state index in [0.29, 0.717) is 36.7 Å². The number of hydrogen-bond acceptors (Lipinski definition) is 13. The fourth-order valence-electron chi connectivity index (χ4n) is 9.49. The van der Waals surface area contributed by atoms with Gasteiger partial charge in [-0.15, -0.1) is 32.9 Å².